The third kappa shape index (κ3) is 4.76. The predicted molar refractivity (Wildman–Crippen MR) is 106 cm³/mol. The molecule has 0 amide bonds. The minimum Gasteiger partial charge on any atom is -0.478 e. The number of nitro groups is 1. The average molecular weight is 405 g/mol. The number of hydrogen-bond acceptors (Lipinski definition) is 6. The molecule has 1 atom stereocenters. The Morgan fingerprint density at radius 1 is 1.43 bits per heavy atom. The summed E-state index contributed by atoms with van der Waals surface area (Å²) in [7, 11) is 0. The van der Waals surface area contributed by atoms with Gasteiger partial charge in [0.1, 0.15) is 0 Å². The molecule has 1 N–H and O–H groups in total. The van der Waals surface area contributed by atoms with Crippen LogP contribution in [0.4, 0.5) is 5.69 Å². The molecular weight excluding hydrogens is 382 g/mol. The highest BCUT2D eigenvalue weighted by molar-refractivity contribution is 7.15. The first kappa shape index (κ1) is 20.4. The van der Waals surface area contributed by atoms with Gasteiger partial charge in [0.05, 0.1) is 22.7 Å². The number of ether oxygens (including phenoxy) is 2. The van der Waals surface area contributed by atoms with Crippen LogP contribution in [0, 0.1) is 17.0 Å². The van der Waals surface area contributed by atoms with Crippen molar-refractivity contribution >= 4 is 23.0 Å². The van der Waals surface area contributed by atoms with E-state index in [0.717, 1.165) is 25.9 Å². The van der Waals surface area contributed by atoms with Crippen molar-refractivity contribution in [2.75, 3.05) is 13.2 Å². The third-order valence-electron chi connectivity index (χ3n) is 4.75. The zero-order valence-electron chi connectivity index (χ0n) is 15.7. The van der Waals surface area contributed by atoms with Crippen LogP contribution < -0.4 is 0 Å². The minimum atomic E-state index is -1.03. The molecule has 7 nitrogen and oxygen atoms in total. The number of carboxylic acid groups (broad SMARTS) is 1. The average Bonchev–Trinajstić information content (AvgIpc) is 3.07. The van der Waals surface area contributed by atoms with E-state index in [0.29, 0.717) is 40.3 Å². The number of rotatable bonds is 8. The van der Waals surface area contributed by atoms with E-state index in [1.165, 1.54) is 17.4 Å². The second-order valence-electron chi connectivity index (χ2n) is 6.73. The molecule has 1 aliphatic heterocycles. The molecule has 1 saturated heterocycles. The highest BCUT2D eigenvalue weighted by atomic mass is 32.1. The summed E-state index contributed by atoms with van der Waals surface area (Å²) in [5.74, 6) is -1.03. The number of nitrogens with zero attached hydrogens (tertiary/aromatic N) is 1. The molecule has 1 aliphatic rings. The molecule has 0 radical (unpaired) electrons. The molecule has 28 heavy (non-hydrogen) atoms. The molecule has 0 saturated carbocycles. The molecule has 150 valence electrons. The van der Waals surface area contributed by atoms with E-state index in [9.17, 15) is 20.0 Å². The normalized spacial score (nSPS) is 16.8. The van der Waals surface area contributed by atoms with Gasteiger partial charge < -0.3 is 14.6 Å². The molecule has 2 aromatic rings. The second kappa shape index (κ2) is 9.27. The summed E-state index contributed by atoms with van der Waals surface area (Å²) in [6.45, 7) is 2.90. The van der Waals surface area contributed by atoms with Crippen molar-refractivity contribution in [2.45, 2.75) is 45.3 Å². The van der Waals surface area contributed by atoms with Gasteiger partial charge in [0, 0.05) is 21.9 Å². The van der Waals surface area contributed by atoms with Gasteiger partial charge in [-0.05, 0) is 51.2 Å². The van der Waals surface area contributed by atoms with E-state index < -0.39 is 5.97 Å². The van der Waals surface area contributed by atoms with Crippen molar-refractivity contribution in [2.24, 2.45) is 0 Å². The first-order valence-corrected chi connectivity index (χ1v) is 10.1. The number of thiophene rings is 1. The maximum Gasteiger partial charge on any atom is 0.336 e. The summed E-state index contributed by atoms with van der Waals surface area (Å²) >= 11 is 1.26. The smallest absolute Gasteiger partial charge is 0.336 e. The summed E-state index contributed by atoms with van der Waals surface area (Å²) in [6.07, 6.45) is 4.03. The summed E-state index contributed by atoms with van der Waals surface area (Å²) in [5.41, 5.74) is 1.30. The minimum absolute atomic E-state index is 0.0367. The van der Waals surface area contributed by atoms with Crippen LogP contribution in [0.25, 0.3) is 10.4 Å². The number of para-hydroxylation sites is 1. The van der Waals surface area contributed by atoms with Crippen molar-refractivity contribution in [3.63, 3.8) is 0 Å². The lowest BCUT2D eigenvalue weighted by molar-refractivity contribution is -0.384. The quantitative estimate of drug-likeness (QED) is 0.384. The van der Waals surface area contributed by atoms with E-state index in [-0.39, 0.29) is 22.5 Å². The first-order chi connectivity index (χ1) is 13.5. The largest absolute Gasteiger partial charge is 0.478 e. The topological polar surface area (TPSA) is 98.9 Å². The molecule has 1 aromatic carbocycles. The Kier molecular flexibility index (Phi) is 6.77. The Morgan fingerprint density at radius 3 is 2.89 bits per heavy atom. The Balaban J connectivity index is 1.75. The highest BCUT2D eigenvalue weighted by Gasteiger charge is 2.23. The van der Waals surface area contributed by atoms with Gasteiger partial charge in [0.15, 0.2) is 6.29 Å². The van der Waals surface area contributed by atoms with Gasteiger partial charge in [0.25, 0.3) is 5.69 Å². The van der Waals surface area contributed by atoms with E-state index in [2.05, 4.69) is 0 Å². The van der Waals surface area contributed by atoms with Crippen molar-refractivity contribution in [1.82, 2.24) is 0 Å². The molecule has 2 heterocycles. The highest BCUT2D eigenvalue weighted by Crippen LogP contribution is 2.38. The summed E-state index contributed by atoms with van der Waals surface area (Å²) in [5, 5.41) is 21.0. The van der Waals surface area contributed by atoms with Gasteiger partial charge in [-0.3, -0.25) is 10.1 Å². The van der Waals surface area contributed by atoms with Crippen LogP contribution in [0.3, 0.4) is 0 Å². The van der Waals surface area contributed by atoms with Gasteiger partial charge in [0.2, 0.25) is 0 Å². The lowest BCUT2D eigenvalue weighted by Crippen LogP contribution is -2.22. The molecule has 0 spiro atoms. The summed E-state index contributed by atoms with van der Waals surface area (Å²) in [6, 6.07) is 6.71. The molecule has 1 fully saturated rings. The van der Waals surface area contributed by atoms with Crippen LogP contribution in [-0.2, 0) is 15.9 Å². The number of benzene rings is 1. The van der Waals surface area contributed by atoms with Crippen LogP contribution in [0.5, 0.6) is 0 Å². The Bertz CT molecular complexity index is 856. The van der Waals surface area contributed by atoms with E-state index in [1.54, 1.807) is 25.1 Å². The van der Waals surface area contributed by atoms with Gasteiger partial charge in [-0.15, -0.1) is 11.3 Å². The lowest BCUT2D eigenvalue weighted by atomic mass is 10.0. The van der Waals surface area contributed by atoms with Crippen molar-refractivity contribution in [3.05, 3.63) is 50.4 Å². The molecule has 0 aliphatic carbocycles. The van der Waals surface area contributed by atoms with Crippen LogP contribution >= 0.6 is 11.3 Å². The Labute approximate surface area is 167 Å². The number of nitro benzene ring substituents is 1. The number of carbonyl (C=O) groups is 1. The molecule has 0 bridgehead atoms. The van der Waals surface area contributed by atoms with E-state index >= 15 is 0 Å². The summed E-state index contributed by atoms with van der Waals surface area (Å²) < 4.78 is 11.2. The number of aryl methyl sites for hydroxylation is 2. The van der Waals surface area contributed by atoms with Crippen LogP contribution in [0.1, 0.15) is 46.5 Å². The summed E-state index contributed by atoms with van der Waals surface area (Å²) in [4.78, 5) is 23.9. The molecule has 1 unspecified atom stereocenters. The fourth-order valence-electron chi connectivity index (χ4n) is 3.35. The second-order valence-corrected chi connectivity index (χ2v) is 7.98. The van der Waals surface area contributed by atoms with Crippen molar-refractivity contribution in [1.29, 1.82) is 0 Å². The predicted octanol–water partition coefficient (Wildman–Crippen LogP) is 4.81. The zero-order valence-corrected chi connectivity index (χ0v) is 16.5. The van der Waals surface area contributed by atoms with Crippen molar-refractivity contribution in [3.8, 4) is 10.4 Å². The SMILES string of the molecule is Cc1sc(-c2cccc(CCCOC3CCCCO3)c2[N+](=O)[O-])cc1C(=O)O. The van der Waals surface area contributed by atoms with Gasteiger partial charge in [-0.2, -0.15) is 0 Å². The molecular formula is C20H23NO6S. The maximum absolute atomic E-state index is 11.8. The fraction of sp³-hybridized carbons (Fsp3) is 0.450. The Morgan fingerprint density at radius 2 is 2.25 bits per heavy atom. The Hall–Kier alpha value is -2.29. The van der Waals surface area contributed by atoms with Crippen LogP contribution in [0.15, 0.2) is 24.3 Å². The zero-order chi connectivity index (χ0) is 20.1. The number of carboxylic acids is 1. The van der Waals surface area contributed by atoms with Crippen LogP contribution in [0.2, 0.25) is 0 Å². The molecule has 1 aromatic heterocycles. The lowest BCUT2D eigenvalue weighted by Gasteiger charge is -2.22. The van der Waals surface area contributed by atoms with E-state index in [1.807, 2.05) is 0 Å². The third-order valence-corrected chi connectivity index (χ3v) is 5.83. The van der Waals surface area contributed by atoms with Gasteiger partial charge in [-0.1, -0.05) is 12.1 Å². The van der Waals surface area contributed by atoms with E-state index in [4.69, 9.17) is 9.47 Å². The van der Waals surface area contributed by atoms with Gasteiger partial charge in [-0.25, -0.2) is 4.79 Å². The number of aromatic carboxylic acids is 1. The maximum atomic E-state index is 11.8. The first-order valence-electron chi connectivity index (χ1n) is 9.31. The molecule has 8 heteroatoms. The van der Waals surface area contributed by atoms with Gasteiger partial charge >= 0.3 is 5.97 Å². The van der Waals surface area contributed by atoms with Crippen LogP contribution in [-0.4, -0.2) is 35.5 Å². The standard InChI is InChI=1S/C20H23NO6S/c1-13-16(20(22)23)12-17(28-13)15-8-4-6-14(19(15)21(24)25)7-5-11-27-18-9-2-3-10-26-18/h4,6,8,12,18H,2-3,5,7,9-11H2,1H3,(H,22,23). The van der Waals surface area contributed by atoms with Crippen molar-refractivity contribution < 1.29 is 24.3 Å². The number of hydrogen-bond donors (Lipinski definition) is 1. The monoisotopic (exact) mass is 405 g/mol. The fourth-order valence-corrected chi connectivity index (χ4v) is 4.39. The molecule has 3 rings (SSSR count).